The molecular formula is C18H28N4O2. The molecule has 1 aromatic rings. The van der Waals surface area contributed by atoms with Gasteiger partial charge < -0.3 is 9.80 Å². The Morgan fingerprint density at radius 2 is 1.96 bits per heavy atom. The fourth-order valence-electron chi connectivity index (χ4n) is 4.05. The number of carbonyl (C=O) groups is 1. The van der Waals surface area contributed by atoms with Gasteiger partial charge in [0.05, 0.1) is 0 Å². The molecule has 0 bridgehead atoms. The topological polar surface area (TPSA) is 58.4 Å². The van der Waals surface area contributed by atoms with Crippen LogP contribution in [-0.4, -0.2) is 57.7 Å². The van der Waals surface area contributed by atoms with E-state index in [1.807, 2.05) is 4.90 Å². The Morgan fingerprint density at radius 1 is 1.21 bits per heavy atom. The standard InChI is InChI=1S/C18H28N4O2/c1-3-4-13-22-17(23)10-9-14(19-22)18(24)21-12-6-8-16(21)15-7-5-11-20(15)2/h9-10,15-16H,3-8,11-13H2,1-2H3. The minimum absolute atomic E-state index is 0.0250. The first-order valence-corrected chi connectivity index (χ1v) is 9.21. The van der Waals surface area contributed by atoms with Gasteiger partial charge in [0.15, 0.2) is 0 Å². The molecule has 2 atom stereocenters. The highest BCUT2D eigenvalue weighted by Crippen LogP contribution is 2.29. The van der Waals surface area contributed by atoms with Crippen LogP contribution in [0.25, 0.3) is 0 Å². The van der Waals surface area contributed by atoms with E-state index in [1.165, 1.54) is 17.2 Å². The van der Waals surface area contributed by atoms with Crippen molar-refractivity contribution >= 4 is 5.91 Å². The Kier molecular flexibility index (Phi) is 5.33. The van der Waals surface area contributed by atoms with Crippen molar-refractivity contribution in [1.82, 2.24) is 19.6 Å². The molecule has 0 aromatic carbocycles. The zero-order valence-corrected chi connectivity index (χ0v) is 14.8. The average Bonchev–Trinajstić information content (AvgIpc) is 3.21. The molecule has 24 heavy (non-hydrogen) atoms. The smallest absolute Gasteiger partial charge is 0.274 e. The van der Waals surface area contributed by atoms with Crippen molar-refractivity contribution in [1.29, 1.82) is 0 Å². The normalized spacial score (nSPS) is 24.7. The van der Waals surface area contributed by atoms with Gasteiger partial charge in [0.2, 0.25) is 0 Å². The first kappa shape index (κ1) is 17.1. The van der Waals surface area contributed by atoms with E-state index in [0.717, 1.165) is 45.2 Å². The summed E-state index contributed by atoms with van der Waals surface area (Å²) in [5, 5.41) is 4.33. The van der Waals surface area contributed by atoms with Crippen molar-refractivity contribution in [3.05, 3.63) is 28.2 Å². The maximum atomic E-state index is 13.0. The van der Waals surface area contributed by atoms with E-state index in [9.17, 15) is 9.59 Å². The first-order chi connectivity index (χ1) is 11.6. The summed E-state index contributed by atoms with van der Waals surface area (Å²) in [6.45, 7) is 4.56. The second kappa shape index (κ2) is 7.47. The predicted molar refractivity (Wildman–Crippen MR) is 93.1 cm³/mol. The molecular weight excluding hydrogens is 304 g/mol. The Balaban J connectivity index is 1.79. The number of aryl methyl sites for hydroxylation is 1. The maximum Gasteiger partial charge on any atom is 0.274 e. The lowest BCUT2D eigenvalue weighted by Crippen LogP contribution is -2.47. The summed E-state index contributed by atoms with van der Waals surface area (Å²) in [6.07, 6.45) is 6.37. The van der Waals surface area contributed by atoms with Gasteiger partial charge in [-0.1, -0.05) is 13.3 Å². The third kappa shape index (κ3) is 3.38. The van der Waals surface area contributed by atoms with Crippen LogP contribution in [0.2, 0.25) is 0 Å². The van der Waals surface area contributed by atoms with Crippen LogP contribution < -0.4 is 5.56 Å². The number of hydrogen-bond acceptors (Lipinski definition) is 4. The Hall–Kier alpha value is -1.69. The summed E-state index contributed by atoms with van der Waals surface area (Å²) in [5.41, 5.74) is 0.270. The van der Waals surface area contributed by atoms with Crippen molar-refractivity contribution in [3.63, 3.8) is 0 Å². The molecule has 2 saturated heterocycles. The number of hydrogen-bond donors (Lipinski definition) is 0. The van der Waals surface area contributed by atoms with Crippen LogP contribution >= 0.6 is 0 Å². The van der Waals surface area contributed by atoms with E-state index in [4.69, 9.17) is 0 Å². The van der Waals surface area contributed by atoms with Gasteiger partial charge in [-0.25, -0.2) is 4.68 Å². The van der Waals surface area contributed by atoms with Crippen molar-refractivity contribution in [3.8, 4) is 0 Å². The van der Waals surface area contributed by atoms with E-state index in [2.05, 4.69) is 24.0 Å². The van der Waals surface area contributed by atoms with Gasteiger partial charge in [-0.15, -0.1) is 0 Å². The van der Waals surface area contributed by atoms with E-state index in [0.29, 0.717) is 18.3 Å². The molecule has 0 N–H and O–H groups in total. The number of likely N-dealkylation sites (N-methyl/N-ethyl adjacent to an activating group) is 1. The van der Waals surface area contributed by atoms with Gasteiger partial charge in [0, 0.05) is 31.2 Å². The van der Waals surface area contributed by atoms with Gasteiger partial charge in [0.1, 0.15) is 5.69 Å². The maximum absolute atomic E-state index is 13.0. The number of likely N-dealkylation sites (tertiary alicyclic amines) is 2. The second-order valence-corrected chi connectivity index (χ2v) is 7.03. The van der Waals surface area contributed by atoms with Gasteiger partial charge in [-0.05, 0) is 51.8 Å². The Bertz CT molecular complexity index is 642. The summed E-state index contributed by atoms with van der Waals surface area (Å²) in [4.78, 5) is 29.3. The molecule has 0 spiro atoms. The third-order valence-corrected chi connectivity index (χ3v) is 5.39. The van der Waals surface area contributed by atoms with E-state index in [-0.39, 0.29) is 17.5 Å². The molecule has 3 heterocycles. The first-order valence-electron chi connectivity index (χ1n) is 9.21. The minimum atomic E-state index is -0.131. The molecule has 0 radical (unpaired) electrons. The van der Waals surface area contributed by atoms with Gasteiger partial charge in [-0.2, -0.15) is 5.10 Å². The number of rotatable bonds is 5. The molecule has 2 aliphatic heterocycles. The number of nitrogens with zero attached hydrogens (tertiary/aromatic N) is 4. The van der Waals surface area contributed by atoms with Crippen molar-refractivity contribution in [2.75, 3.05) is 20.1 Å². The molecule has 0 saturated carbocycles. The van der Waals surface area contributed by atoms with Crippen LogP contribution in [0, 0.1) is 0 Å². The molecule has 2 unspecified atom stereocenters. The van der Waals surface area contributed by atoms with Gasteiger partial charge in [0.25, 0.3) is 11.5 Å². The zero-order valence-electron chi connectivity index (χ0n) is 14.8. The van der Waals surface area contributed by atoms with Crippen molar-refractivity contribution < 1.29 is 4.79 Å². The van der Waals surface area contributed by atoms with Crippen LogP contribution in [0.1, 0.15) is 55.9 Å². The largest absolute Gasteiger partial charge is 0.333 e. The van der Waals surface area contributed by atoms with Crippen molar-refractivity contribution in [2.24, 2.45) is 0 Å². The highest BCUT2D eigenvalue weighted by Gasteiger charge is 2.39. The molecule has 6 nitrogen and oxygen atoms in total. The van der Waals surface area contributed by atoms with Crippen LogP contribution in [-0.2, 0) is 6.54 Å². The number of unbranched alkanes of at least 4 members (excludes halogenated alkanes) is 1. The van der Waals surface area contributed by atoms with Crippen LogP contribution in [0.4, 0.5) is 0 Å². The number of amides is 1. The van der Waals surface area contributed by atoms with E-state index >= 15 is 0 Å². The summed E-state index contributed by atoms with van der Waals surface area (Å²) in [6, 6.07) is 3.80. The molecule has 132 valence electrons. The quantitative estimate of drug-likeness (QED) is 0.824. The Labute approximate surface area is 143 Å². The van der Waals surface area contributed by atoms with Crippen molar-refractivity contribution in [2.45, 2.75) is 64.1 Å². The summed E-state index contributed by atoms with van der Waals surface area (Å²) >= 11 is 0. The van der Waals surface area contributed by atoms with E-state index < -0.39 is 0 Å². The summed E-state index contributed by atoms with van der Waals surface area (Å²) in [5.74, 6) is -0.0250. The molecule has 2 aliphatic rings. The monoisotopic (exact) mass is 332 g/mol. The number of aromatic nitrogens is 2. The molecule has 2 fully saturated rings. The van der Waals surface area contributed by atoms with Crippen LogP contribution in [0.15, 0.2) is 16.9 Å². The molecule has 0 aliphatic carbocycles. The molecule has 1 aromatic heterocycles. The van der Waals surface area contributed by atoms with Crippen LogP contribution in [0.5, 0.6) is 0 Å². The third-order valence-electron chi connectivity index (χ3n) is 5.39. The average molecular weight is 332 g/mol. The highest BCUT2D eigenvalue weighted by atomic mass is 16.2. The lowest BCUT2D eigenvalue weighted by molar-refractivity contribution is 0.0655. The lowest BCUT2D eigenvalue weighted by Gasteiger charge is -2.33. The van der Waals surface area contributed by atoms with Gasteiger partial charge >= 0.3 is 0 Å². The second-order valence-electron chi connectivity index (χ2n) is 7.03. The fraction of sp³-hybridized carbons (Fsp3) is 0.722. The highest BCUT2D eigenvalue weighted by molar-refractivity contribution is 5.92. The minimum Gasteiger partial charge on any atom is -0.333 e. The number of carbonyl (C=O) groups excluding carboxylic acids is 1. The summed E-state index contributed by atoms with van der Waals surface area (Å²) in [7, 11) is 2.15. The zero-order chi connectivity index (χ0) is 17.1. The fourth-order valence-corrected chi connectivity index (χ4v) is 4.05. The predicted octanol–water partition coefficient (Wildman–Crippen LogP) is 1.74. The summed E-state index contributed by atoms with van der Waals surface area (Å²) < 4.78 is 1.43. The van der Waals surface area contributed by atoms with Crippen LogP contribution in [0.3, 0.4) is 0 Å². The molecule has 3 rings (SSSR count). The van der Waals surface area contributed by atoms with Gasteiger partial charge in [-0.3, -0.25) is 9.59 Å². The van der Waals surface area contributed by atoms with E-state index in [1.54, 1.807) is 6.07 Å². The Morgan fingerprint density at radius 3 is 2.67 bits per heavy atom. The molecule has 6 heteroatoms. The lowest BCUT2D eigenvalue weighted by atomic mass is 10.0. The molecule has 1 amide bonds. The SMILES string of the molecule is CCCCn1nc(C(=O)N2CCCC2C2CCCN2C)ccc1=O.